The van der Waals surface area contributed by atoms with Crippen molar-refractivity contribution in [3.05, 3.63) is 40.7 Å². The maximum atomic E-state index is 12.6. The lowest BCUT2D eigenvalue weighted by Crippen LogP contribution is -2.26. The van der Waals surface area contributed by atoms with Crippen molar-refractivity contribution in [2.24, 2.45) is 5.73 Å². The molecule has 2 N–H and O–H groups in total. The molecule has 5 heteroatoms. The zero-order valence-electron chi connectivity index (χ0n) is 15.7. The fraction of sp³-hybridized carbons (Fsp3) is 0.524. The minimum Gasteiger partial charge on any atom is -0.494 e. The summed E-state index contributed by atoms with van der Waals surface area (Å²) in [6.45, 7) is 3.38. The largest absolute Gasteiger partial charge is 0.494 e. The minimum absolute atomic E-state index is 0.141. The van der Waals surface area contributed by atoms with E-state index in [1.165, 1.54) is 23.5 Å². The summed E-state index contributed by atoms with van der Waals surface area (Å²) >= 11 is 0. The Morgan fingerprint density at radius 3 is 2.58 bits per heavy atom. The van der Waals surface area contributed by atoms with E-state index in [4.69, 9.17) is 10.5 Å². The number of carbonyl (C=O) groups excluding carboxylic acids is 1. The molecule has 0 aliphatic rings. The number of rotatable bonds is 11. The van der Waals surface area contributed by atoms with Gasteiger partial charge in [-0.1, -0.05) is 32.6 Å². The van der Waals surface area contributed by atoms with Crippen LogP contribution in [0.15, 0.2) is 35.1 Å². The average Bonchev–Trinajstić information content (AvgIpc) is 2.64. The number of hydrogen-bond acceptors (Lipinski definition) is 4. The Hall–Kier alpha value is -2.14. The third-order valence-corrected chi connectivity index (χ3v) is 4.48. The van der Waals surface area contributed by atoms with Gasteiger partial charge in [-0.2, -0.15) is 0 Å². The number of benzene rings is 1. The molecule has 1 aromatic heterocycles. The summed E-state index contributed by atoms with van der Waals surface area (Å²) in [6.07, 6.45) is 7.52. The van der Waals surface area contributed by atoms with Crippen molar-refractivity contribution in [3.8, 4) is 5.75 Å². The number of aromatic nitrogens is 1. The second-order valence-corrected chi connectivity index (χ2v) is 6.63. The second kappa shape index (κ2) is 10.8. The molecule has 0 radical (unpaired) electrons. The molecule has 0 aliphatic heterocycles. The summed E-state index contributed by atoms with van der Waals surface area (Å²) in [4.78, 5) is 24.9. The normalized spacial score (nSPS) is 11.0. The summed E-state index contributed by atoms with van der Waals surface area (Å²) in [6, 6.07) is 8.75. The van der Waals surface area contributed by atoms with E-state index in [1.54, 1.807) is 12.1 Å². The smallest absolute Gasteiger partial charge is 0.257 e. The van der Waals surface area contributed by atoms with Crippen LogP contribution < -0.4 is 16.0 Å². The molecule has 0 bridgehead atoms. The predicted molar refractivity (Wildman–Crippen MR) is 106 cm³/mol. The predicted octanol–water partition coefficient (Wildman–Crippen LogP) is 4.12. The molecular weight excluding hydrogens is 328 g/mol. The SMILES string of the molecule is CCCCCCCC(=O)n1c(=O)ccc2ccc(OCCCCN)cc21. The van der Waals surface area contributed by atoms with Crippen LogP contribution in [-0.4, -0.2) is 23.6 Å². The first kappa shape index (κ1) is 20.2. The summed E-state index contributed by atoms with van der Waals surface area (Å²) < 4.78 is 7.03. The number of pyridine rings is 1. The first-order chi connectivity index (χ1) is 12.7. The summed E-state index contributed by atoms with van der Waals surface area (Å²) in [5.74, 6) is 0.530. The van der Waals surface area contributed by atoms with Gasteiger partial charge in [0.15, 0.2) is 0 Å². The molecule has 0 saturated heterocycles. The lowest BCUT2D eigenvalue weighted by atomic mass is 10.1. The van der Waals surface area contributed by atoms with E-state index in [2.05, 4.69) is 6.92 Å². The van der Waals surface area contributed by atoms with Crippen LogP contribution in [0.2, 0.25) is 0 Å². The number of carbonyl (C=O) groups is 1. The molecule has 0 unspecified atom stereocenters. The highest BCUT2D eigenvalue weighted by molar-refractivity contribution is 5.91. The minimum atomic E-state index is -0.281. The third kappa shape index (κ3) is 5.70. The van der Waals surface area contributed by atoms with Crippen LogP contribution in [0.25, 0.3) is 10.9 Å². The fourth-order valence-corrected chi connectivity index (χ4v) is 2.99. The molecule has 2 aromatic rings. The van der Waals surface area contributed by atoms with Gasteiger partial charge in [-0.15, -0.1) is 0 Å². The molecule has 0 spiro atoms. The fourth-order valence-electron chi connectivity index (χ4n) is 2.99. The van der Waals surface area contributed by atoms with Crippen LogP contribution in [0.3, 0.4) is 0 Å². The molecule has 0 fully saturated rings. The Balaban J connectivity index is 2.14. The van der Waals surface area contributed by atoms with Crippen LogP contribution in [-0.2, 0) is 0 Å². The molecule has 1 heterocycles. The van der Waals surface area contributed by atoms with Crippen LogP contribution >= 0.6 is 0 Å². The average molecular weight is 358 g/mol. The molecule has 1 aromatic carbocycles. The molecule has 0 saturated carbocycles. The quantitative estimate of drug-likeness (QED) is 0.613. The van der Waals surface area contributed by atoms with Gasteiger partial charge in [0.25, 0.3) is 5.56 Å². The first-order valence-corrected chi connectivity index (χ1v) is 9.69. The lowest BCUT2D eigenvalue weighted by Gasteiger charge is -2.11. The molecular formula is C21H30N2O3. The zero-order valence-corrected chi connectivity index (χ0v) is 15.7. The van der Waals surface area contributed by atoms with Gasteiger partial charge >= 0.3 is 0 Å². The van der Waals surface area contributed by atoms with Crippen LogP contribution in [0.4, 0.5) is 0 Å². The number of unbranched alkanes of at least 4 members (excludes halogenated alkanes) is 5. The van der Waals surface area contributed by atoms with Crippen molar-refractivity contribution >= 4 is 16.8 Å². The van der Waals surface area contributed by atoms with Crippen molar-refractivity contribution in [3.63, 3.8) is 0 Å². The van der Waals surface area contributed by atoms with Gasteiger partial charge < -0.3 is 10.5 Å². The highest BCUT2D eigenvalue weighted by Crippen LogP contribution is 2.20. The Kier molecular flexibility index (Phi) is 8.35. The van der Waals surface area contributed by atoms with Crippen LogP contribution in [0, 0.1) is 0 Å². The van der Waals surface area contributed by atoms with E-state index in [-0.39, 0.29) is 11.5 Å². The van der Waals surface area contributed by atoms with Crippen molar-refractivity contribution in [2.45, 2.75) is 58.3 Å². The van der Waals surface area contributed by atoms with E-state index in [9.17, 15) is 9.59 Å². The molecule has 5 nitrogen and oxygen atoms in total. The second-order valence-electron chi connectivity index (χ2n) is 6.63. The lowest BCUT2D eigenvalue weighted by molar-refractivity contribution is 0.0900. The summed E-state index contributed by atoms with van der Waals surface area (Å²) in [7, 11) is 0. The van der Waals surface area contributed by atoms with Crippen molar-refractivity contribution in [1.82, 2.24) is 4.57 Å². The highest BCUT2D eigenvalue weighted by Gasteiger charge is 2.12. The highest BCUT2D eigenvalue weighted by atomic mass is 16.5. The Labute approximate surface area is 155 Å². The van der Waals surface area contributed by atoms with Crippen molar-refractivity contribution < 1.29 is 9.53 Å². The molecule has 0 aliphatic carbocycles. The van der Waals surface area contributed by atoms with Crippen molar-refractivity contribution in [2.75, 3.05) is 13.2 Å². The molecule has 2 rings (SSSR count). The molecule has 0 amide bonds. The van der Waals surface area contributed by atoms with Gasteiger partial charge in [0, 0.05) is 18.6 Å². The Morgan fingerprint density at radius 2 is 1.81 bits per heavy atom. The van der Waals surface area contributed by atoms with Gasteiger partial charge in [-0.3, -0.25) is 9.59 Å². The Bertz CT molecular complexity index is 767. The van der Waals surface area contributed by atoms with E-state index in [0.29, 0.717) is 30.8 Å². The van der Waals surface area contributed by atoms with Crippen LogP contribution in [0.5, 0.6) is 5.75 Å². The van der Waals surface area contributed by atoms with Crippen LogP contribution in [0.1, 0.15) is 63.1 Å². The topological polar surface area (TPSA) is 74.3 Å². The van der Waals surface area contributed by atoms with Gasteiger partial charge in [-0.05, 0) is 49.4 Å². The standard InChI is InChI=1S/C21H30N2O3/c1-2-3-4-5-6-9-20(24)23-19-16-18(26-15-8-7-14-22)12-10-17(19)11-13-21(23)25/h10-13,16H,2-9,14-15,22H2,1H3. The number of hydrogen-bond donors (Lipinski definition) is 1. The maximum absolute atomic E-state index is 12.6. The van der Waals surface area contributed by atoms with Gasteiger partial charge in [0.1, 0.15) is 5.75 Å². The zero-order chi connectivity index (χ0) is 18.8. The van der Waals surface area contributed by atoms with Gasteiger partial charge in [0.2, 0.25) is 5.91 Å². The van der Waals surface area contributed by atoms with Gasteiger partial charge in [0.05, 0.1) is 12.1 Å². The number of ether oxygens (including phenoxy) is 1. The molecule has 0 atom stereocenters. The number of fused-ring (bicyclic) bond motifs is 1. The summed E-state index contributed by atoms with van der Waals surface area (Å²) in [5.41, 5.74) is 5.82. The molecule has 142 valence electrons. The monoisotopic (exact) mass is 358 g/mol. The first-order valence-electron chi connectivity index (χ1n) is 9.69. The number of nitrogens with zero attached hydrogens (tertiary/aromatic N) is 1. The van der Waals surface area contributed by atoms with Gasteiger partial charge in [-0.25, -0.2) is 4.57 Å². The summed E-state index contributed by atoms with van der Waals surface area (Å²) in [5, 5.41) is 0.859. The third-order valence-electron chi connectivity index (χ3n) is 4.48. The molecule has 26 heavy (non-hydrogen) atoms. The van der Waals surface area contributed by atoms with Crippen molar-refractivity contribution in [1.29, 1.82) is 0 Å². The number of nitrogens with two attached hydrogens (primary N) is 1. The Morgan fingerprint density at radius 1 is 1.04 bits per heavy atom. The van der Waals surface area contributed by atoms with E-state index < -0.39 is 0 Å². The van der Waals surface area contributed by atoms with E-state index in [0.717, 1.165) is 37.5 Å². The van der Waals surface area contributed by atoms with E-state index >= 15 is 0 Å². The maximum Gasteiger partial charge on any atom is 0.257 e. The van der Waals surface area contributed by atoms with E-state index in [1.807, 2.05) is 12.1 Å².